The van der Waals surface area contributed by atoms with Crippen LogP contribution < -0.4 is 5.32 Å². The Morgan fingerprint density at radius 3 is 2.70 bits per heavy atom. The van der Waals surface area contributed by atoms with Crippen LogP contribution in [0.5, 0.6) is 0 Å². The fraction of sp³-hybridized carbons (Fsp3) is 0.167. The van der Waals surface area contributed by atoms with Crippen LogP contribution in [0.2, 0.25) is 10.0 Å². The summed E-state index contributed by atoms with van der Waals surface area (Å²) in [5, 5.41) is 3.06. The van der Waals surface area contributed by atoms with Crippen molar-refractivity contribution in [3.05, 3.63) is 58.3 Å². The molecule has 0 radical (unpaired) electrons. The van der Waals surface area contributed by atoms with E-state index in [0.717, 1.165) is 0 Å². The number of aliphatic imine (C=N–C) groups is 1. The lowest BCUT2D eigenvalue weighted by Crippen LogP contribution is -2.30. The Labute approximate surface area is 169 Å². The van der Waals surface area contributed by atoms with Crippen molar-refractivity contribution in [1.29, 1.82) is 0 Å². The van der Waals surface area contributed by atoms with Crippen LogP contribution in [0.15, 0.2) is 47.5 Å². The largest absolute Gasteiger partial charge is 0.324 e. The number of benzene rings is 2. The summed E-state index contributed by atoms with van der Waals surface area (Å²) in [6, 6.07) is 10.7. The minimum atomic E-state index is -0.636. The highest BCUT2D eigenvalue weighted by Crippen LogP contribution is 2.32. The lowest BCUT2D eigenvalue weighted by Gasteiger charge is -2.09. The fourth-order valence-corrected chi connectivity index (χ4v) is 3.84. The molecule has 1 saturated heterocycles. The molecule has 1 heterocycles. The SMILES string of the molecule is CN1C(=O)[C@@H](CC(=O)Nc2ccccc2F)SC1=Nc1ccc(Cl)c(Cl)c1. The van der Waals surface area contributed by atoms with Gasteiger partial charge in [0.25, 0.3) is 0 Å². The maximum Gasteiger partial charge on any atom is 0.242 e. The number of hydrogen-bond acceptors (Lipinski definition) is 4. The average molecular weight is 426 g/mol. The molecule has 140 valence electrons. The van der Waals surface area contributed by atoms with Gasteiger partial charge in [-0.2, -0.15) is 0 Å². The van der Waals surface area contributed by atoms with Gasteiger partial charge in [-0.1, -0.05) is 47.1 Å². The van der Waals surface area contributed by atoms with E-state index in [1.165, 1.54) is 34.9 Å². The van der Waals surface area contributed by atoms with Gasteiger partial charge >= 0.3 is 0 Å². The van der Waals surface area contributed by atoms with Gasteiger partial charge < -0.3 is 5.32 Å². The second kappa shape index (κ2) is 8.29. The number of amides is 2. The normalized spacial score (nSPS) is 18.2. The molecule has 1 aliphatic rings. The number of amidine groups is 1. The Morgan fingerprint density at radius 2 is 2.00 bits per heavy atom. The third kappa shape index (κ3) is 4.61. The van der Waals surface area contributed by atoms with Crippen LogP contribution >= 0.6 is 35.0 Å². The molecular weight excluding hydrogens is 412 g/mol. The Hall–Kier alpha value is -2.09. The number of carbonyl (C=O) groups excluding carboxylic acids is 2. The smallest absolute Gasteiger partial charge is 0.242 e. The highest BCUT2D eigenvalue weighted by molar-refractivity contribution is 8.15. The maximum atomic E-state index is 13.6. The predicted octanol–water partition coefficient (Wildman–Crippen LogP) is 4.72. The van der Waals surface area contributed by atoms with E-state index in [1.54, 1.807) is 31.3 Å². The van der Waals surface area contributed by atoms with Gasteiger partial charge in [-0.15, -0.1) is 0 Å². The van der Waals surface area contributed by atoms with E-state index in [-0.39, 0.29) is 18.0 Å². The van der Waals surface area contributed by atoms with Crippen LogP contribution in [0.3, 0.4) is 0 Å². The molecule has 1 N–H and O–H groups in total. The second-order valence-electron chi connectivity index (χ2n) is 5.73. The fourth-order valence-electron chi connectivity index (χ4n) is 2.39. The maximum absolute atomic E-state index is 13.6. The Morgan fingerprint density at radius 1 is 1.26 bits per heavy atom. The molecule has 0 unspecified atom stereocenters. The molecule has 0 aliphatic carbocycles. The summed E-state index contributed by atoms with van der Waals surface area (Å²) in [5.41, 5.74) is 0.624. The summed E-state index contributed by atoms with van der Waals surface area (Å²) in [6.45, 7) is 0. The van der Waals surface area contributed by atoms with Crippen molar-refractivity contribution in [3.63, 3.8) is 0 Å². The summed E-state index contributed by atoms with van der Waals surface area (Å²) in [5.74, 6) is -1.23. The van der Waals surface area contributed by atoms with Gasteiger partial charge in [0.05, 0.1) is 21.4 Å². The molecule has 1 atom stereocenters. The summed E-state index contributed by atoms with van der Waals surface area (Å²) in [4.78, 5) is 30.4. The van der Waals surface area contributed by atoms with Crippen LogP contribution in [0.25, 0.3) is 0 Å². The standard InChI is InChI=1S/C18H14Cl2FN3O2S/c1-24-17(26)15(9-16(25)23-14-5-3-2-4-13(14)21)27-18(24)22-10-6-7-11(19)12(20)8-10/h2-8,15H,9H2,1H3,(H,23,25)/t15-/m1/s1. The number of carbonyl (C=O) groups is 2. The van der Waals surface area contributed by atoms with Crippen molar-refractivity contribution in [3.8, 4) is 0 Å². The molecule has 1 aliphatic heterocycles. The molecule has 0 aromatic heterocycles. The van der Waals surface area contributed by atoms with Crippen LogP contribution in [-0.2, 0) is 9.59 Å². The van der Waals surface area contributed by atoms with E-state index >= 15 is 0 Å². The van der Waals surface area contributed by atoms with Gasteiger partial charge in [0.2, 0.25) is 11.8 Å². The topological polar surface area (TPSA) is 61.8 Å². The van der Waals surface area contributed by atoms with Crippen LogP contribution in [0.1, 0.15) is 6.42 Å². The van der Waals surface area contributed by atoms with E-state index in [0.29, 0.717) is 20.9 Å². The molecule has 1 fully saturated rings. The molecule has 2 aromatic rings. The molecule has 0 saturated carbocycles. The average Bonchev–Trinajstić information content (AvgIpc) is 2.88. The number of rotatable bonds is 4. The van der Waals surface area contributed by atoms with Crippen LogP contribution in [0.4, 0.5) is 15.8 Å². The van der Waals surface area contributed by atoms with Gasteiger partial charge in [-0.3, -0.25) is 14.5 Å². The van der Waals surface area contributed by atoms with Crippen molar-refractivity contribution in [2.45, 2.75) is 11.7 Å². The van der Waals surface area contributed by atoms with Gasteiger partial charge in [0.15, 0.2) is 5.17 Å². The summed E-state index contributed by atoms with van der Waals surface area (Å²) >= 11 is 13.0. The van der Waals surface area contributed by atoms with Crippen molar-refractivity contribution in [1.82, 2.24) is 4.90 Å². The van der Waals surface area contributed by atoms with Crippen LogP contribution in [-0.4, -0.2) is 34.2 Å². The zero-order valence-electron chi connectivity index (χ0n) is 14.1. The number of thioether (sulfide) groups is 1. The first-order chi connectivity index (χ1) is 12.8. The highest BCUT2D eigenvalue weighted by atomic mass is 35.5. The van der Waals surface area contributed by atoms with Crippen molar-refractivity contribution in [2.24, 2.45) is 4.99 Å². The lowest BCUT2D eigenvalue weighted by atomic mass is 10.2. The molecule has 9 heteroatoms. The molecule has 2 amide bonds. The lowest BCUT2D eigenvalue weighted by molar-refractivity contribution is -0.127. The minimum Gasteiger partial charge on any atom is -0.324 e. The quantitative estimate of drug-likeness (QED) is 0.770. The van der Waals surface area contributed by atoms with Gasteiger partial charge in [0.1, 0.15) is 11.1 Å². The Bertz CT molecular complexity index is 939. The molecule has 2 aromatic carbocycles. The number of halogens is 3. The van der Waals surface area contributed by atoms with Gasteiger partial charge in [-0.05, 0) is 30.3 Å². The van der Waals surface area contributed by atoms with Gasteiger partial charge in [0, 0.05) is 13.5 Å². The third-order valence-electron chi connectivity index (χ3n) is 3.79. The summed E-state index contributed by atoms with van der Waals surface area (Å²) < 4.78 is 13.6. The summed E-state index contributed by atoms with van der Waals surface area (Å²) in [6.07, 6.45) is -0.0947. The first-order valence-corrected chi connectivity index (χ1v) is 9.51. The van der Waals surface area contributed by atoms with E-state index in [2.05, 4.69) is 10.3 Å². The van der Waals surface area contributed by atoms with Crippen LogP contribution in [0, 0.1) is 5.82 Å². The molecule has 5 nitrogen and oxygen atoms in total. The first kappa shape index (κ1) is 19.7. The monoisotopic (exact) mass is 425 g/mol. The number of hydrogen-bond donors (Lipinski definition) is 1. The predicted molar refractivity (Wildman–Crippen MR) is 107 cm³/mol. The number of anilines is 1. The van der Waals surface area contributed by atoms with E-state index < -0.39 is 17.0 Å². The Kier molecular flexibility index (Phi) is 6.04. The van der Waals surface area contributed by atoms with Crippen molar-refractivity contribution < 1.29 is 14.0 Å². The van der Waals surface area contributed by atoms with Crippen molar-refractivity contribution >= 4 is 63.3 Å². The van der Waals surface area contributed by atoms with Crippen molar-refractivity contribution in [2.75, 3.05) is 12.4 Å². The molecule has 0 spiro atoms. The minimum absolute atomic E-state index is 0.0796. The number of nitrogens with one attached hydrogen (secondary N) is 1. The Balaban J connectivity index is 1.70. The number of para-hydroxylation sites is 1. The third-order valence-corrected chi connectivity index (χ3v) is 5.76. The first-order valence-electron chi connectivity index (χ1n) is 7.87. The highest BCUT2D eigenvalue weighted by Gasteiger charge is 2.37. The van der Waals surface area contributed by atoms with E-state index in [4.69, 9.17) is 23.2 Å². The second-order valence-corrected chi connectivity index (χ2v) is 7.71. The molecule has 0 bridgehead atoms. The zero-order chi connectivity index (χ0) is 19.6. The summed E-state index contributed by atoms with van der Waals surface area (Å²) in [7, 11) is 1.58. The zero-order valence-corrected chi connectivity index (χ0v) is 16.4. The molecular formula is C18H14Cl2FN3O2S. The molecule has 3 rings (SSSR count). The van der Waals surface area contributed by atoms with E-state index in [1.807, 2.05) is 0 Å². The van der Waals surface area contributed by atoms with E-state index in [9.17, 15) is 14.0 Å². The van der Waals surface area contributed by atoms with Gasteiger partial charge in [-0.25, -0.2) is 9.38 Å². The number of nitrogens with zero attached hydrogens (tertiary/aromatic N) is 2. The molecule has 27 heavy (non-hydrogen) atoms.